The van der Waals surface area contributed by atoms with E-state index in [9.17, 15) is 0 Å². The van der Waals surface area contributed by atoms with Gasteiger partial charge in [0, 0.05) is 12.6 Å². The monoisotopic (exact) mass is 299 g/mol. The molecule has 0 heterocycles. The van der Waals surface area contributed by atoms with E-state index in [2.05, 4.69) is 31.3 Å². The third kappa shape index (κ3) is 4.50. The van der Waals surface area contributed by atoms with Gasteiger partial charge in [0.05, 0.1) is 7.11 Å². The normalized spacial score (nSPS) is 10.7. The molecule has 0 aromatic heterocycles. The third-order valence-corrected chi connectivity index (χ3v) is 3.78. The second-order valence-corrected chi connectivity index (χ2v) is 5.29. The quantitative estimate of drug-likeness (QED) is 0.762. The molecule has 2 rings (SSSR count). The summed E-state index contributed by atoms with van der Waals surface area (Å²) < 4.78 is 11.3. The van der Waals surface area contributed by atoms with Crippen LogP contribution in [0.4, 0.5) is 0 Å². The molecule has 22 heavy (non-hydrogen) atoms. The van der Waals surface area contributed by atoms with Crippen LogP contribution in [-0.2, 0) is 6.54 Å². The first-order chi connectivity index (χ1) is 10.8. The van der Waals surface area contributed by atoms with Crippen LogP contribution in [0.15, 0.2) is 48.5 Å². The van der Waals surface area contributed by atoms with Crippen molar-refractivity contribution in [1.29, 1.82) is 0 Å². The summed E-state index contributed by atoms with van der Waals surface area (Å²) in [6.45, 7) is 5.28. The van der Waals surface area contributed by atoms with Gasteiger partial charge in [0.2, 0.25) is 0 Å². The molecule has 0 spiro atoms. The summed E-state index contributed by atoms with van der Waals surface area (Å²) in [5, 5.41) is 3.57. The number of rotatable bonds is 8. The molecule has 2 aromatic rings. The molecule has 1 N–H and O–H groups in total. The number of nitrogens with one attached hydrogen (secondary N) is 1. The molecule has 0 saturated heterocycles. The van der Waals surface area contributed by atoms with Crippen LogP contribution < -0.4 is 14.8 Å². The fourth-order valence-corrected chi connectivity index (χ4v) is 2.39. The van der Waals surface area contributed by atoms with Crippen molar-refractivity contribution >= 4 is 0 Å². The highest BCUT2D eigenvalue weighted by molar-refractivity contribution is 5.43. The fourth-order valence-electron chi connectivity index (χ4n) is 2.39. The Morgan fingerprint density at radius 3 is 2.36 bits per heavy atom. The molecule has 0 atom stereocenters. The summed E-state index contributed by atoms with van der Waals surface area (Å²) in [6.07, 6.45) is 2.29. The summed E-state index contributed by atoms with van der Waals surface area (Å²) in [5.74, 6) is 2.30. The van der Waals surface area contributed by atoms with Crippen LogP contribution in [0.2, 0.25) is 0 Å². The Morgan fingerprint density at radius 2 is 1.68 bits per heavy atom. The maximum atomic E-state index is 5.95. The van der Waals surface area contributed by atoms with Gasteiger partial charge in [0.1, 0.15) is 5.75 Å². The molecular weight excluding hydrogens is 274 g/mol. The maximum absolute atomic E-state index is 5.95. The fraction of sp³-hybridized carbons (Fsp3) is 0.368. The standard InChI is InChI=1S/C19H25NO2/c1-4-16(5-2)20-14-15-9-8-10-17(13-15)22-19-12-7-6-11-18(19)21-3/h6-13,16,20H,4-5,14H2,1-3H3. The van der Waals surface area contributed by atoms with Crippen molar-refractivity contribution < 1.29 is 9.47 Å². The molecular formula is C19H25NO2. The zero-order valence-corrected chi connectivity index (χ0v) is 13.6. The Balaban J connectivity index is 2.05. The second kappa shape index (κ2) is 8.44. The van der Waals surface area contributed by atoms with Crippen LogP contribution in [0.25, 0.3) is 0 Å². The first-order valence-electron chi connectivity index (χ1n) is 7.90. The van der Waals surface area contributed by atoms with Gasteiger partial charge in [0.15, 0.2) is 11.5 Å². The minimum Gasteiger partial charge on any atom is -0.493 e. The Bertz CT molecular complexity index is 579. The highest BCUT2D eigenvalue weighted by atomic mass is 16.5. The van der Waals surface area contributed by atoms with Gasteiger partial charge >= 0.3 is 0 Å². The lowest BCUT2D eigenvalue weighted by Crippen LogP contribution is -2.26. The third-order valence-electron chi connectivity index (χ3n) is 3.78. The minimum absolute atomic E-state index is 0.568. The molecule has 0 fully saturated rings. The topological polar surface area (TPSA) is 30.5 Å². The average molecular weight is 299 g/mol. The SMILES string of the molecule is CCC(CC)NCc1cccc(Oc2ccccc2OC)c1. The van der Waals surface area contributed by atoms with Gasteiger partial charge in [-0.25, -0.2) is 0 Å². The number of hydrogen-bond donors (Lipinski definition) is 1. The lowest BCUT2D eigenvalue weighted by Gasteiger charge is -2.15. The van der Waals surface area contributed by atoms with Crippen LogP contribution in [0, 0.1) is 0 Å². The second-order valence-electron chi connectivity index (χ2n) is 5.29. The number of ether oxygens (including phenoxy) is 2. The van der Waals surface area contributed by atoms with Gasteiger partial charge < -0.3 is 14.8 Å². The van der Waals surface area contributed by atoms with E-state index in [4.69, 9.17) is 9.47 Å². The molecule has 3 nitrogen and oxygen atoms in total. The van der Waals surface area contributed by atoms with E-state index in [0.717, 1.165) is 36.6 Å². The molecule has 0 aliphatic carbocycles. The Morgan fingerprint density at radius 1 is 0.955 bits per heavy atom. The lowest BCUT2D eigenvalue weighted by atomic mass is 10.1. The summed E-state index contributed by atoms with van der Waals surface area (Å²) in [4.78, 5) is 0. The van der Waals surface area contributed by atoms with Crippen molar-refractivity contribution in [2.75, 3.05) is 7.11 Å². The number of hydrogen-bond acceptors (Lipinski definition) is 3. The van der Waals surface area contributed by atoms with E-state index >= 15 is 0 Å². The molecule has 0 radical (unpaired) electrons. The van der Waals surface area contributed by atoms with E-state index in [1.807, 2.05) is 36.4 Å². The molecule has 0 saturated carbocycles. The van der Waals surface area contributed by atoms with E-state index in [-0.39, 0.29) is 0 Å². The van der Waals surface area contributed by atoms with Crippen LogP contribution in [0.1, 0.15) is 32.3 Å². The average Bonchev–Trinajstić information content (AvgIpc) is 2.57. The van der Waals surface area contributed by atoms with Crippen molar-refractivity contribution in [3.63, 3.8) is 0 Å². The molecule has 0 aliphatic rings. The van der Waals surface area contributed by atoms with Gasteiger partial charge in [-0.05, 0) is 42.7 Å². The minimum atomic E-state index is 0.568. The van der Waals surface area contributed by atoms with E-state index < -0.39 is 0 Å². The Kier molecular flexibility index (Phi) is 6.28. The number of para-hydroxylation sites is 2. The first-order valence-corrected chi connectivity index (χ1v) is 7.90. The van der Waals surface area contributed by atoms with Crippen molar-refractivity contribution in [1.82, 2.24) is 5.32 Å². The van der Waals surface area contributed by atoms with E-state index in [0.29, 0.717) is 6.04 Å². The van der Waals surface area contributed by atoms with Crippen molar-refractivity contribution in [2.45, 2.75) is 39.3 Å². The van der Waals surface area contributed by atoms with Gasteiger partial charge in [-0.3, -0.25) is 0 Å². The number of methoxy groups -OCH3 is 1. The lowest BCUT2D eigenvalue weighted by molar-refractivity contribution is 0.378. The van der Waals surface area contributed by atoms with Crippen LogP contribution in [-0.4, -0.2) is 13.2 Å². The Labute approximate surface area is 133 Å². The molecule has 3 heteroatoms. The molecule has 2 aromatic carbocycles. The predicted octanol–water partition coefficient (Wildman–Crippen LogP) is 4.77. The van der Waals surface area contributed by atoms with Gasteiger partial charge in [0.25, 0.3) is 0 Å². The summed E-state index contributed by atoms with van der Waals surface area (Å²) in [6, 6.07) is 16.4. The Hall–Kier alpha value is -2.00. The van der Waals surface area contributed by atoms with Crippen molar-refractivity contribution in [3.8, 4) is 17.2 Å². The van der Waals surface area contributed by atoms with Crippen molar-refractivity contribution in [2.24, 2.45) is 0 Å². The highest BCUT2D eigenvalue weighted by Crippen LogP contribution is 2.31. The summed E-state index contributed by atoms with van der Waals surface area (Å²) in [7, 11) is 1.65. The van der Waals surface area contributed by atoms with Crippen LogP contribution >= 0.6 is 0 Å². The maximum Gasteiger partial charge on any atom is 0.169 e. The van der Waals surface area contributed by atoms with Crippen LogP contribution in [0.5, 0.6) is 17.2 Å². The molecule has 0 bridgehead atoms. The zero-order chi connectivity index (χ0) is 15.8. The zero-order valence-electron chi connectivity index (χ0n) is 13.6. The van der Waals surface area contributed by atoms with E-state index in [1.54, 1.807) is 7.11 Å². The van der Waals surface area contributed by atoms with Crippen molar-refractivity contribution in [3.05, 3.63) is 54.1 Å². The molecule has 118 valence electrons. The highest BCUT2D eigenvalue weighted by Gasteiger charge is 2.06. The van der Waals surface area contributed by atoms with Gasteiger partial charge in [-0.2, -0.15) is 0 Å². The van der Waals surface area contributed by atoms with Crippen LogP contribution in [0.3, 0.4) is 0 Å². The van der Waals surface area contributed by atoms with Gasteiger partial charge in [-0.15, -0.1) is 0 Å². The first kappa shape index (κ1) is 16.4. The number of benzene rings is 2. The predicted molar refractivity (Wildman–Crippen MR) is 90.7 cm³/mol. The molecule has 0 unspecified atom stereocenters. The van der Waals surface area contributed by atoms with Gasteiger partial charge in [-0.1, -0.05) is 38.1 Å². The smallest absolute Gasteiger partial charge is 0.169 e. The summed E-state index contributed by atoms with van der Waals surface area (Å²) >= 11 is 0. The van der Waals surface area contributed by atoms with E-state index in [1.165, 1.54) is 5.56 Å². The molecule has 0 aliphatic heterocycles. The molecule has 0 amide bonds. The largest absolute Gasteiger partial charge is 0.493 e. The summed E-state index contributed by atoms with van der Waals surface area (Å²) in [5.41, 5.74) is 1.22.